The van der Waals surface area contributed by atoms with Crippen molar-refractivity contribution in [1.82, 2.24) is 9.55 Å². The van der Waals surface area contributed by atoms with Crippen molar-refractivity contribution in [1.29, 1.82) is 5.26 Å². The summed E-state index contributed by atoms with van der Waals surface area (Å²) in [6, 6.07) is 19.5. The second kappa shape index (κ2) is 9.61. The molecule has 4 aromatic rings. The molecule has 0 aliphatic carbocycles. The highest BCUT2D eigenvalue weighted by molar-refractivity contribution is 6.30. The fraction of sp³-hybridized carbons (Fsp3) is 0.185. The van der Waals surface area contributed by atoms with Gasteiger partial charge in [0.05, 0.1) is 28.7 Å². The Morgan fingerprint density at radius 3 is 2.51 bits per heavy atom. The fourth-order valence-corrected chi connectivity index (χ4v) is 3.75. The van der Waals surface area contributed by atoms with Crippen LogP contribution in [0.25, 0.3) is 16.7 Å². The first-order valence-electron chi connectivity index (χ1n) is 10.9. The number of fused-ring (bicyclic) bond motifs is 1. The Hall–Kier alpha value is -4.15. The zero-order valence-corrected chi connectivity index (χ0v) is 20.3. The third-order valence-electron chi connectivity index (χ3n) is 5.12. The van der Waals surface area contributed by atoms with Crippen molar-refractivity contribution in [2.75, 3.05) is 5.32 Å². The molecule has 4 rings (SSSR count). The maximum Gasteiger partial charge on any atom is 0.310 e. The van der Waals surface area contributed by atoms with Gasteiger partial charge in [0.1, 0.15) is 18.0 Å². The predicted octanol–water partition coefficient (Wildman–Crippen LogP) is 5.69. The third kappa shape index (κ3) is 5.68. The maximum absolute atomic E-state index is 12.7. The van der Waals surface area contributed by atoms with Gasteiger partial charge in [0, 0.05) is 16.3 Å². The van der Waals surface area contributed by atoms with E-state index in [1.165, 1.54) is 0 Å². The van der Waals surface area contributed by atoms with E-state index in [4.69, 9.17) is 16.3 Å². The molecule has 3 aromatic carbocycles. The Labute approximate surface area is 207 Å². The Bertz CT molecular complexity index is 1460. The molecule has 1 aromatic heterocycles. The van der Waals surface area contributed by atoms with Gasteiger partial charge in [-0.3, -0.25) is 14.2 Å². The number of aromatic nitrogens is 2. The topological polar surface area (TPSA) is 97.0 Å². The number of anilines is 1. The van der Waals surface area contributed by atoms with E-state index in [9.17, 15) is 14.9 Å². The number of benzene rings is 3. The highest BCUT2D eigenvalue weighted by atomic mass is 35.5. The molecule has 0 saturated carbocycles. The zero-order valence-electron chi connectivity index (χ0n) is 19.5. The number of hydrogen-bond acceptors (Lipinski definition) is 5. The molecule has 7 nitrogen and oxygen atoms in total. The molecular weight excluding hydrogens is 464 g/mol. The van der Waals surface area contributed by atoms with Crippen LogP contribution in [0, 0.1) is 11.3 Å². The van der Waals surface area contributed by atoms with Crippen molar-refractivity contribution in [3.63, 3.8) is 0 Å². The van der Waals surface area contributed by atoms with Crippen molar-refractivity contribution in [2.24, 2.45) is 0 Å². The molecule has 0 unspecified atom stereocenters. The van der Waals surface area contributed by atoms with Crippen LogP contribution in [0.4, 0.5) is 5.69 Å². The minimum absolute atomic E-state index is 0.0724. The Morgan fingerprint density at radius 2 is 1.83 bits per heavy atom. The summed E-state index contributed by atoms with van der Waals surface area (Å²) in [6.07, 6.45) is 1.68. The van der Waals surface area contributed by atoms with E-state index in [1.807, 2.05) is 20.8 Å². The van der Waals surface area contributed by atoms with Gasteiger partial charge < -0.3 is 10.1 Å². The lowest BCUT2D eigenvalue weighted by Crippen LogP contribution is -2.24. The molecule has 35 heavy (non-hydrogen) atoms. The van der Waals surface area contributed by atoms with Gasteiger partial charge in [-0.15, -0.1) is 0 Å². The third-order valence-corrected chi connectivity index (χ3v) is 5.37. The molecule has 8 heteroatoms. The SMILES string of the molecule is CC(C)(C)OC(=O)Cc1ccc(-n2cnc3cc(C(=O)Nc4ccc(Cl)cc4)ccc32)c(C#N)c1. The van der Waals surface area contributed by atoms with Crippen LogP contribution in [-0.4, -0.2) is 27.0 Å². The minimum Gasteiger partial charge on any atom is -0.460 e. The van der Waals surface area contributed by atoms with Gasteiger partial charge in [0.25, 0.3) is 5.91 Å². The molecule has 0 atom stereocenters. The van der Waals surface area contributed by atoms with Gasteiger partial charge in [-0.2, -0.15) is 5.26 Å². The summed E-state index contributed by atoms with van der Waals surface area (Å²) in [7, 11) is 0. The van der Waals surface area contributed by atoms with Gasteiger partial charge in [-0.1, -0.05) is 17.7 Å². The van der Waals surface area contributed by atoms with E-state index in [0.717, 1.165) is 5.52 Å². The number of ether oxygens (including phenoxy) is 1. The number of nitriles is 1. The van der Waals surface area contributed by atoms with Crippen molar-refractivity contribution in [3.05, 3.63) is 88.7 Å². The van der Waals surface area contributed by atoms with E-state index >= 15 is 0 Å². The molecule has 0 spiro atoms. The van der Waals surface area contributed by atoms with Crippen molar-refractivity contribution < 1.29 is 14.3 Å². The smallest absolute Gasteiger partial charge is 0.310 e. The molecule has 0 radical (unpaired) electrons. The number of amides is 1. The van der Waals surface area contributed by atoms with Crippen LogP contribution in [0.5, 0.6) is 0 Å². The standard InChI is InChI=1S/C27H23ClN4O3/c1-27(2,3)35-25(33)13-17-4-10-23(19(12-17)15-29)32-16-30-22-14-18(5-11-24(22)32)26(34)31-21-8-6-20(28)7-9-21/h4-12,14,16H,13H2,1-3H3,(H,31,34). The van der Waals surface area contributed by atoms with E-state index in [2.05, 4.69) is 16.4 Å². The molecule has 0 aliphatic heterocycles. The second-order valence-corrected chi connectivity index (χ2v) is 9.44. The number of rotatable bonds is 5. The molecule has 0 bridgehead atoms. The Kier molecular flexibility index (Phi) is 6.59. The molecule has 0 fully saturated rings. The maximum atomic E-state index is 12.7. The summed E-state index contributed by atoms with van der Waals surface area (Å²) in [5.74, 6) is -0.625. The Balaban J connectivity index is 1.58. The first-order chi connectivity index (χ1) is 16.6. The molecule has 1 N–H and O–H groups in total. The molecule has 0 saturated heterocycles. The lowest BCUT2D eigenvalue weighted by Gasteiger charge is -2.19. The van der Waals surface area contributed by atoms with Crippen LogP contribution in [-0.2, 0) is 16.0 Å². The van der Waals surface area contributed by atoms with Gasteiger partial charge in [0.15, 0.2) is 0 Å². The van der Waals surface area contributed by atoms with Crippen LogP contribution in [0.15, 0.2) is 67.0 Å². The summed E-state index contributed by atoms with van der Waals surface area (Å²) in [5, 5.41) is 13.2. The summed E-state index contributed by atoms with van der Waals surface area (Å²) in [6.45, 7) is 5.43. The zero-order chi connectivity index (χ0) is 25.2. The number of carbonyl (C=O) groups is 2. The number of hydrogen-bond donors (Lipinski definition) is 1. The number of nitrogens with zero attached hydrogens (tertiary/aromatic N) is 3. The highest BCUT2D eigenvalue weighted by Crippen LogP contribution is 2.24. The second-order valence-electron chi connectivity index (χ2n) is 9.01. The van der Waals surface area contributed by atoms with Crippen LogP contribution in [0.2, 0.25) is 5.02 Å². The quantitative estimate of drug-likeness (QED) is 0.365. The van der Waals surface area contributed by atoms with Crippen LogP contribution in [0.3, 0.4) is 0 Å². The number of imidazole rings is 1. The summed E-state index contributed by atoms with van der Waals surface area (Å²) in [4.78, 5) is 29.3. The normalized spacial score (nSPS) is 11.2. The largest absolute Gasteiger partial charge is 0.460 e. The molecule has 1 heterocycles. The Morgan fingerprint density at radius 1 is 1.09 bits per heavy atom. The van der Waals surface area contributed by atoms with Crippen LogP contribution >= 0.6 is 11.6 Å². The number of halogens is 1. The monoisotopic (exact) mass is 486 g/mol. The van der Waals surface area contributed by atoms with Gasteiger partial charge >= 0.3 is 5.97 Å². The summed E-state index contributed by atoms with van der Waals surface area (Å²) < 4.78 is 7.16. The molecule has 176 valence electrons. The van der Waals surface area contributed by atoms with E-state index < -0.39 is 5.60 Å². The number of nitrogens with one attached hydrogen (secondary N) is 1. The van der Waals surface area contributed by atoms with Gasteiger partial charge in [-0.05, 0) is 80.9 Å². The van der Waals surface area contributed by atoms with Crippen LogP contribution in [0.1, 0.15) is 42.3 Å². The van der Waals surface area contributed by atoms with Crippen LogP contribution < -0.4 is 5.32 Å². The van der Waals surface area contributed by atoms with Crippen molar-refractivity contribution in [3.8, 4) is 11.8 Å². The lowest BCUT2D eigenvalue weighted by atomic mass is 10.1. The predicted molar refractivity (Wildman–Crippen MR) is 135 cm³/mol. The first kappa shape index (κ1) is 24.0. The summed E-state index contributed by atoms with van der Waals surface area (Å²) >= 11 is 5.89. The van der Waals surface area contributed by atoms with E-state index in [1.54, 1.807) is 71.6 Å². The minimum atomic E-state index is -0.574. The van der Waals surface area contributed by atoms with E-state index in [0.29, 0.717) is 38.6 Å². The molecule has 1 amide bonds. The summed E-state index contributed by atoms with van der Waals surface area (Å²) in [5.41, 5.74) is 3.57. The van der Waals surface area contributed by atoms with Gasteiger partial charge in [0.2, 0.25) is 0 Å². The number of esters is 1. The van der Waals surface area contributed by atoms with Crippen molar-refractivity contribution >= 4 is 40.2 Å². The first-order valence-corrected chi connectivity index (χ1v) is 11.3. The highest BCUT2D eigenvalue weighted by Gasteiger charge is 2.18. The average Bonchev–Trinajstić information content (AvgIpc) is 3.22. The average molecular weight is 487 g/mol. The van der Waals surface area contributed by atoms with Crippen molar-refractivity contribution in [2.45, 2.75) is 32.8 Å². The van der Waals surface area contributed by atoms with Gasteiger partial charge in [-0.25, -0.2) is 4.98 Å². The molecular formula is C27H23ClN4O3. The lowest BCUT2D eigenvalue weighted by molar-refractivity contribution is -0.153. The molecule has 0 aliphatic rings. The fourth-order valence-electron chi connectivity index (χ4n) is 3.62. The number of carbonyl (C=O) groups excluding carboxylic acids is 2. The van der Waals surface area contributed by atoms with E-state index in [-0.39, 0.29) is 18.3 Å².